The number of allylic oxidation sites excluding steroid dienone is 2. The summed E-state index contributed by atoms with van der Waals surface area (Å²) in [6.45, 7) is 5.53. The fourth-order valence-corrected chi connectivity index (χ4v) is 2.56. The molecule has 0 atom stereocenters. The summed E-state index contributed by atoms with van der Waals surface area (Å²) in [5.41, 5.74) is 3.60. The Morgan fingerprint density at radius 1 is 1.18 bits per heavy atom. The molecule has 3 nitrogen and oxygen atoms in total. The Balaban J connectivity index is 1.93. The summed E-state index contributed by atoms with van der Waals surface area (Å²) < 4.78 is 5.37. The minimum absolute atomic E-state index is 0.241. The predicted octanol–water partition coefficient (Wildman–Crippen LogP) is 4.50. The molecule has 0 saturated carbocycles. The molecule has 1 aromatic heterocycles. The van der Waals surface area contributed by atoms with Crippen LogP contribution in [0.3, 0.4) is 0 Å². The molecule has 3 rings (SSSR count). The van der Waals surface area contributed by atoms with Gasteiger partial charge in [-0.3, -0.25) is 0 Å². The van der Waals surface area contributed by atoms with Gasteiger partial charge in [0, 0.05) is 27.4 Å². The third kappa shape index (κ3) is 2.53. The molecule has 0 amide bonds. The molecule has 1 N–H and O–H groups in total. The van der Waals surface area contributed by atoms with Crippen LogP contribution in [-0.2, 0) is 16.1 Å². The monoisotopic (exact) mass is 291 g/mol. The van der Waals surface area contributed by atoms with Crippen LogP contribution in [-0.4, -0.2) is 11.0 Å². The molecule has 2 aromatic carbocycles. The molecule has 0 unspecified atom stereocenters. The molecular weight excluding hydrogens is 274 g/mol. The van der Waals surface area contributed by atoms with Gasteiger partial charge in [-0.05, 0) is 13.0 Å². The molecule has 3 heteroatoms. The number of benzene rings is 2. The zero-order valence-electron chi connectivity index (χ0n) is 12.4. The largest absolute Gasteiger partial charge is 0.457 e. The van der Waals surface area contributed by atoms with Crippen LogP contribution in [0.4, 0.5) is 0 Å². The minimum Gasteiger partial charge on any atom is -0.457 e. The van der Waals surface area contributed by atoms with Crippen molar-refractivity contribution in [2.75, 3.05) is 0 Å². The van der Waals surface area contributed by atoms with E-state index < -0.39 is 0 Å². The third-order valence-electron chi connectivity index (χ3n) is 3.68. The quantitative estimate of drug-likeness (QED) is 0.437. The number of aromatic amines is 1. The summed E-state index contributed by atoms with van der Waals surface area (Å²) in [6, 6.07) is 14.2. The summed E-state index contributed by atoms with van der Waals surface area (Å²) in [7, 11) is 0. The minimum atomic E-state index is -0.326. The van der Waals surface area contributed by atoms with Crippen LogP contribution < -0.4 is 0 Å². The first kappa shape index (κ1) is 14.1. The summed E-state index contributed by atoms with van der Waals surface area (Å²) in [4.78, 5) is 15.3. The second kappa shape index (κ2) is 5.90. The second-order valence-corrected chi connectivity index (χ2v) is 5.17. The number of carbonyl (C=O) groups excluding carboxylic acids is 1. The van der Waals surface area contributed by atoms with Crippen molar-refractivity contribution in [1.29, 1.82) is 0 Å². The number of para-hydroxylation sites is 2. The average molecular weight is 291 g/mol. The van der Waals surface area contributed by atoms with E-state index in [0.717, 1.165) is 22.0 Å². The number of ether oxygens (including phenoxy) is 1. The maximum Gasteiger partial charge on any atom is 0.334 e. The second-order valence-electron chi connectivity index (χ2n) is 5.17. The van der Waals surface area contributed by atoms with Crippen LogP contribution in [0.1, 0.15) is 12.5 Å². The standard InChI is InChI=1S/C19H17NO2/c1-3-7-13(2)19(21)22-12-14-8-6-10-16-15-9-4-5-11-17(15)20-18(14)16/h3-11,20H,1,12H2,2H3. The zero-order chi connectivity index (χ0) is 15.5. The number of nitrogens with one attached hydrogen (secondary N) is 1. The number of rotatable bonds is 4. The van der Waals surface area contributed by atoms with Gasteiger partial charge in [-0.15, -0.1) is 0 Å². The SMILES string of the molecule is C=CC=C(C)C(=O)OCc1cccc2c1[nH]c1ccccc12. The van der Waals surface area contributed by atoms with Crippen LogP contribution in [0.15, 0.2) is 66.8 Å². The van der Waals surface area contributed by atoms with Crippen molar-refractivity contribution in [2.24, 2.45) is 0 Å². The van der Waals surface area contributed by atoms with Crippen molar-refractivity contribution in [3.8, 4) is 0 Å². The van der Waals surface area contributed by atoms with Crippen molar-refractivity contribution in [2.45, 2.75) is 13.5 Å². The Labute approximate surface area is 128 Å². The lowest BCUT2D eigenvalue weighted by Crippen LogP contribution is -2.05. The highest BCUT2D eigenvalue weighted by Crippen LogP contribution is 2.27. The molecule has 0 saturated heterocycles. The van der Waals surface area contributed by atoms with Crippen molar-refractivity contribution < 1.29 is 9.53 Å². The first-order valence-corrected chi connectivity index (χ1v) is 7.15. The van der Waals surface area contributed by atoms with Gasteiger partial charge in [-0.25, -0.2) is 4.79 Å². The maximum absolute atomic E-state index is 11.9. The van der Waals surface area contributed by atoms with Gasteiger partial charge >= 0.3 is 5.97 Å². The highest BCUT2D eigenvalue weighted by atomic mass is 16.5. The van der Waals surface area contributed by atoms with Gasteiger partial charge in [0.15, 0.2) is 0 Å². The summed E-state index contributed by atoms with van der Waals surface area (Å²) >= 11 is 0. The molecule has 3 aromatic rings. The van der Waals surface area contributed by atoms with Crippen LogP contribution in [0.2, 0.25) is 0 Å². The first-order chi connectivity index (χ1) is 10.7. The van der Waals surface area contributed by atoms with E-state index in [1.165, 1.54) is 5.39 Å². The molecule has 0 spiro atoms. The molecule has 0 aliphatic heterocycles. The number of carbonyl (C=O) groups is 1. The zero-order valence-corrected chi connectivity index (χ0v) is 12.4. The van der Waals surface area contributed by atoms with Crippen molar-refractivity contribution in [3.05, 3.63) is 72.3 Å². The van der Waals surface area contributed by atoms with Crippen LogP contribution in [0, 0.1) is 0 Å². The van der Waals surface area contributed by atoms with Gasteiger partial charge < -0.3 is 9.72 Å². The number of H-pyrrole nitrogens is 1. The van der Waals surface area contributed by atoms with Crippen molar-refractivity contribution in [1.82, 2.24) is 4.98 Å². The Morgan fingerprint density at radius 2 is 1.95 bits per heavy atom. The summed E-state index contributed by atoms with van der Waals surface area (Å²) in [5.74, 6) is -0.326. The Hall–Kier alpha value is -2.81. The Kier molecular flexibility index (Phi) is 3.79. The molecular formula is C19H17NO2. The number of aromatic nitrogens is 1. The molecule has 0 fully saturated rings. The lowest BCUT2D eigenvalue weighted by atomic mass is 10.1. The van der Waals surface area contributed by atoms with Gasteiger partial charge in [0.2, 0.25) is 0 Å². The average Bonchev–Trinajstić information content (AvgIpc) is 2.92. The Morgan fingerprint density at radius 3 is 2.77 bits per heavy atom. The van der Waals surface area contributed by atoms with E-state index in [4.69, 9.17) is 4.74 Å². The topological polar surface area (TPSA) is 42.1 Å². The molecule has 22 heavy (non-hydrogen) atoms. The number of hydrogen-bond acceptors (Lipinski definition) is 2. The van der Waals surface area contributed by atoms with E-state index in [1.807, 2.05) is 30.3 Å². The van der Waals surface area contributed by atoms with Gasteiger partial charge in [-0.2, -0.15) is 0 Å². The molecule has 0 aliphatic rings. The van der Waals surface area contributed by atoms with E-state index in [9.17, 15) is 4.79 Å². The van der Waals surface area contributed by atoms with Gasteiger partial charge in [0.05, 0.1) is 5.52 Å². The van der Waals surface area contributed by atoms with Crippen molar-refractivity contribution >= 4 is 27.8 Å². The van der Waals surface area contributed by atoms with E-state index >= 15 is 0 Å². The predicted molar refractivity (Wildman–Crippen MR) is 89.6 cm³/mol. The lowest BCUT2D eigenvalue weighted by molar-refractivity contribution is -0.140. The molecule has 110 valence electrons. The maximum atomic E-state index is 11.9. The molecule has 0 bridgehead atoms. The fraction of sp³-hybridized carbons (Fsp3) is 0.105. The van der Waals surface area contributed by atoms with Crippen LogP contribution in [0.5, 0.6) is 0 Å². The van der Waals surface area contributed by atoms with Gasteiger partial charge in [0.25, 0.3) is 0 Å². The van der Waals surface area contributed by atoms with Crippen LogP contribution in [0.25, 0.3) is 21.8 Å². The number of esters is 1. The highest BCUT2D eigenvalue weighted by Gasteiger charge is 2.10. The van der Waals surface area contributed by atoms with Crippen molar-refractivity contribution in [3.63, 3.8) is 0 Å². The molecule has 1 heterocycles. The first-order valence-electron chi connectivity index (χ1n) is 7.15. The summed E-state index contributed by atoms with van der Waals surface area (Å²) in [5, 5.41) is 2.32. The Bertz CT molecular complexity index is 887. The van der Waals surface area contributed by atoms with Crippen LogP contribution >= 0.6 is 0 Å². The lowest BCUT2D eigenvalue weighted by Gasteiger charge is -2.06. The number of hydrogen-bond donors (Lipinski definition) is 1. The number of fused-ring (bicyclic) bond motifs is 3. The van der Waals surface area contributed by atoms with Gasteiger partial charge in [-0.1, -0.05) is 55.1 Å². The smallest absolute Gasteiger partial charge is 0.334 e. The van der Waals surface area contributed by atoms with E-state index in [1.54, 1.807) is 19.1 Å². The van der Waals surface area contributed by atoms with E-state index in [0.29, 0.717) is 5.57 Å². The van der Waals surface area contributed by atoms with Gasteiger partial charge in [0.1, 0.15) is 6.61 Å². The van der Waals surface area contributed by atoms with E-state index in [2.05, 4.69) is 23.7 Å². The molecule has 0 radical (unpaired) electrons. The normalized spacial score (nSPS) is 11.8. The highest BCUT2D eigenvalue weighted by molar-refractivity contribution is 6.08. The molecule has 0 aliphatic carbocycles. The fourth-order valence-electron chi connectivity index (χ4n) is 2.56. The summed E-state index contributed by atoms with van der Waals surface area (Å²) in [6.07, 6.45) is 3.22. The third-order valence-corrected chi connectivity index (χ3v) is 3.68. The van der Waals surface area contributed by atoms with E-state index in [-0.39, 0.29) is 12.6 Å².